The van der Waals surface area contributed by atoms with Crippen molar-refractivity contribution in [1.29, 1.82) is 0 Å². The predicted molar refractivity (Wildman–Crippen MR) is 47.7 cm³/mol. The third-order valence-electron chi connectivity index (χ3n) is 1.49. The molecule has 0 amide bonds. The van der Waals surface area contributed by atoms with Gasteiger partial charge in [-0.1, -0.05) is 28.1 Å². The number of halogens is 1. The van der Waals surface area contributed by atoms with E-state index in [0.717, 1.165) is 0 Å². The summed E-state index contributed by atoms with van der Waals surface area (Å²) < 4.78 is 0. The number of phenols is 1. The van der Waals surface area contributed by atoms with E-state index >= 15 is 0 Å². The van der Waals surface area contributed by atoms with Crippen LogP contribution in [-0.2, 0) is 5.33 Å². The molecule has 0 aliphatic heterocycles. The molecule has 2 N–H and O–H groups in total. The van der Waals surface area contributed by atoms with Gasteiger partial charge in [0.05, 0.1) is 0 Å². The van der Waals surface area contributed by atoms with Crippen molar-refractivity contribution in [2.75, 3.05) is 0 Å². The standard InChI is InChI=1S/C8H7BrO3/c9-4-5-2-1-3-6(10)7(5)8(11)12/h1-3,10H,4H2,(H,11,12). The second-order valence-corrected chi connectivity index (χ2v) is 2.81. The van der Waals surface area contributed by atoms with E-state index in [1.165, 1.54) is 6.07 Å². The average Bonchev–Trinajstić information content (AvgIpc) is 2.03. The highest BCUT2D eigenvalue weighted by Crippen LogP contribution is 2.22. The molecule has 3 nitrogen and oxygen atoms in total. The minimum atomic E-state index is -1.11. The molecule has 1 rings (SSSR count). The Balaban J connectivity index is 3.29. The zero-order chi connectivity index (χ0) is 9.14. The van der Waals surface area contributed by atoms with E-state index in [0.29, 0.717) is 10.9 Å². The maximum absolute atomic E-state index is 10.6. The number of carboxylic acid groups (broad SMARTS) is 1. The van der Waals surface area contributed by atoms with Crippen LogP contribution in [0.15, 0.2) is 18.2 Å². The van der Waals surface area contributed by atoms with E-state index in [-0.39, 0.29) is 11.3 Å². The minimum absolute atomic E-state index is 0.0330. The van der Waals surface area contributed by atoms with E-state index in [2.05, 4.69) is 15.9 Å². The first-order valence-corrected chi connectivity index (χ1v) is 4.39. The Morgan fingerprint density at radius 3 is 2.58 bits per heavy atom. The topological polar surface area (TPSA) is 57.5 Å². The molecule has 0 bridgehead atoms. The van der Waals surface area contributed by atoms with Gasteiger partial charge in [0.2, 0.25) is 0 Å². The van der Waals surface area contributed by atoms with Gasteiger partial charge in [-0.05, 0) is 11.6 Å². The Morgan fingerprint density at radius 1 is 1.50 bits per heavy atom. The molecule has 0 aromatic heterocycles. The van der Waals surface area contributed by atoms with Crippen LogP contribution >= 0.6 is 15.9 Å². The first-order valence-electron chi connectivity index (χ1n) is 3.27. The number of aromatic hydroxyl groups is 1. The van der Waals surface area contributed by atoms with Crippen LogP contribution in [0.2, 0.25) is 0 Å². The third-order valence-corrected chi connectivity index (χ3v) is 2.09. The summed E-state index contributed by atoms with van der Waals surface area (Å²) in [4.78, 5) is 10.6. The highest BCUT2D eigenvalue weighted by Gasteiger charge is 2.13. The van der Waals surface area contributed by atoms with Crippen molar-refractivity contribution < 1.29 is 15.0 Å². The Bertz CT molecular complexity index is 309. The Morgan fingerprint density at radius 2 is 2.17 bits per heavy atom. The highest BCUT2D eigenvalue weighted by atomic mass is 79.9. The van der Waals surface area contributed by atoms with Crippen molar-refractivity contribution in [1.82, 2.24) is 0 Å². The van der Waals surface area contributed by atoms with Crippen LogP contribution in [0.3, 0.4) is 0 Å². The lowest BCUT2D eigenvalue weighted by Crippen LogP contribution is -2.01. The van der Waals surface area contributed by atoms with Crippen molar-refractivity contribution in [2.24, 2.45) is 0 Å². The van der Waals surface area contributed by atoms with Crippen LogP contribution < -0.4 is 0 Å². The lowest BCUT2D eigenvalue weighted by atomic mass is 10.1. The second kappa shape index (κ2) is 3.58. The van der Waals surface area contributed by atoms with Gasteiger partial charge in [0.25, 0.3) is 0 Å². The summed E-state index contributed by atoms with van der Waals surface area (Å²) in [6.45, 7) is 0. The fraction of sp³-hybridized carbons (Fsp3) is 0.125. The lowest BCUT2D eigenvalue weighted by molar-refractivity contribution is 0.0693. The normalized spacial score (nSPS) is 9.75. The molecule has 0 fully saturated rings. The molecule has 0 saturated carbocycles. The number of carboxylic acids is 1. The fourth-order valence-electron chi connectivity index (χ4n) is 0.945. The number of benzene rings is 1. The number of carbonyl (C=O) groups is 1. The molecule has 0 aliphatic carbocycles. The van der Waals surface area contributed by atoms with Gasteiger partial charge >= 0.3 is 5.97 Å². The molecule has 64 valence electrons. The first kappa shape index (κ1) is 9.06. The van der Waals surface area contributed by atoms with Crippen molar-refractivity contribution in [3.05, 3.63) is 29.3 Å². The molecule has 12 heavy (non-hydrogen) atoms. The molecule has 0 spiro atoms. The van der Waals surface area contributed by atoms with Gasteiger partial charge in [-0.2, -0.15) is 0 Å². The molecule has 0 aliphatic rings. The highest BCUT2D eigenvalue weighted by molar-refractivity contribution is 9.08. The summed E-state index contributed by atoms with van der Waals surface area (Å²) in [5.74, 6) is -1.30. The summed E-state index contributed by atoms with van der Waals surface area (Å²) in [6.07, 6.45) is 0. The monoisotopic (exact) mass is 230 g/mol. The third kappa shape index (κ3) is 1.58. The molecular weight excluding hydrogens is 224 g/mol. The maximum atomic E-state index is 10.6. The molecule has 1 aromatic carbocycles. The van der Waals surface area contributed by atoms with Crippen molar-refractivity contribution >= 4 is 21.9 Å². The van der Waals surface area contributed by atoms with E-state index in [9.17, 15) is 9.90 Å². The van der Waals surface area contributed by atoms with Crippen molar-refractivity contribution in [3.63, 3.8) is 0 Å². The first-order chi connectivity index (χ1) is 5.66. The minimum Gasteiger partial charge on any atom is -0.507 e. The largest absolute Gasteiger partial charge is 0.507 e. The van der Waals surface area contributed by atoms with Crippen LogP contribution in [0.4, 0.5) is 0 Å². The molecular formula is C8H7BrO3. The Hall–Kier alpha value is -1.03. The second-order valence-electron chi connectivity index (χ2n) is 2.25. The maximum Gasteiger partial charge on any atom is 0.339 e. The molecule has 1 aromatic rings. The van der Waals surface area contributed by atoms with Gasteiger partial charge in [-0.25, -0.2) is 4.79 Å². The summed E-state index contributed by atoms with van der Waals surface area (Å²) in [5, 5.41) is 18.3. The summed E-state index contributed by atoms with van der Waals surface area (Å²) in [7, 11) is 0. The van der Waals surface area contributed by atoms with Crippen LogP contribution in [0.25, 0.3) is 0 Å². The molecule has 4 heteroatoms. The van der Waals surface area contributed by atoms with E-state index in [1.54, 1.807) is 12.1 Å². The zero-order valence-electron chi connectivity index (χ0n) is 6.12. The van der Waals surface area contributed by atoms with Crippen LogP contribution in [-0.4, -0.2) is 16.2 Å². The summed E-state index contributed by atoms with van der Waals surface area (Å²) in [6, 6.07) is 4.62. The molecule has 0 atom stereocenters. The number of alkyl halides is 1. The number of aromatic carboxylic acids is 1. The van der Waals surface area contributed by atoms with Gasteiger partial charge in [0, 0.05) is 5.33 Å². The van der Waals surface area contributed by atoms with Crippen LogP contribution in [0.5, 0.6) is 5.75 Å². The molecule has 0 heterocycles. The predicted octanol–water partition coefficient (Wildman–Crippen LogP) is 1.99. The van der Waals surface area contributed by atoms with Gasteiger partial charge in [0.1, 0.15) is 11.3 Å². The average molecular weight is 231 g/mol. The van der Waals surface area contributed by atoms with Crippen LogP contribution in [0, 0.1) is 0 Å². The lowest BCUT2D eigenvalue weighted by Gasteiger charge is -2.03. The SMILES string of the molecule is O=C(O)c1c(O)cccc1CBr. The van der Waals surface area contributed by atoms with Gasteiger partial charge in [-0.15, -0.1) is 0 Å². The fourth-order valence-corrected chi connectivity index (χ4v) is 1.41. The quantitative estimate of drug-likeness (QED) is 0.765. The molecule has 0 saturated heterocycles. The summed E-state index contributed by atoms with van der Waals surface area (Å²) in [5.41, 5.74) is 0.539. The van der Waals surface area contributed by atoms with E-state index < -0.39 is 5.97 Å². The molecule has 0 radical (unpaired) electrons. The number of rotatable bonds is 2. The molecule has 0 unspecified atom stereocenters. The van der Waals surface area contributed by atoms with Crippen molar-refractivity contribution in [3.8, 4) is 5.75 Å². The summed E-state index contributed by atoms with van der Waals surface area (Å²) >= 11 is 3.14. The Labute approximate surface area is 77.8 Å². The van der Waals surface area contributed by atoms with Gasteiger partial charge in [-0.3, -0.25) is 0 Å². The van der Waals surface area contributed by atoms with Crippen LogP contribution in [0.1, 0.15) is 15.9 Å². The van der Waals surface area contributed by atoms with E-state index in [4.69, 9.17) is 5.11 Å². The van der Waals surface area contributed by atoms with Crippen molar-refractivity contribution in [2.45, 2.75) is 5.33 Å². The number of hydrogen-bond donors (Lipinski definition) is 2. The van der Waals surface area contributed by atoms with Gasteiger partial charge in [0.15, 0.2) is 0 Å². The van der Waals surface area contributed by atoms with Gasteiger partial charge < -0.3 is 10.2 Å². The number of hydrogen-bond acceptors (Lipinski definition) is 2. The zero-order valence-corrected chi connectivity index (χ0v) is 7.71. The Kier molecular flexibility index (Phi) is 2.70. The smallest absolute Gasteiger partial charge is 0.339 e. The van der Waals surface area contributed by atoms with E-state index in [1.807, 2.05) is 0 Å².